The van der Waals surface area contributed by atoms with Crippen LogP contribution in [-0.2, 0) is 5.54 Å². The third-order valence-electron chi connectivity index (χ3n) is 5.76. The second kappa shape index (κ2) is 7.23. The Balaban J connectivity index is 1.79. The van der Waals surface area contributed by atoms with Crippen LogP contribution in [-0.4, -0.2) is 11.5 Å². The van der Waals surface area contributed by atoms with Crippen LogP contribution in [0.3, 0.4) is 0 Å². The van der Waals surface area contributed by atoms with Crippen LogP contribution in [0, 0.1) is 6.92 Å². The van der Waals surface area contributed by atoms with E-state index < -0.39 is 5.54 Å². The zero-order chi connectivity index (χ0) is 20.6. The van der Waals surface area contributed by atoms with Crippen LogP contribution in [0.5, 0.6) is 0 Å². The largest absolute Gasteiger partial charge is 0.287 e. The van der Waals surface area contributed by atoms with E-state index in [1.165, 1.54) is 0 Å². The summed E-state index contributed by atoms with van der Waals surface area (Å²) in [7, 11) is 0. The number of Topliss-reactive ketones (excluding diaryl/α,β-unsaturated/α-hetero) is 1. The Morgan fingerprint density at radius 1 is 0.667 bits per heavy atom. The zero-order valence-corrected chi connectivity index (χ0v) is 16.7. The Hall–Kier alpha value is -3.78. The van der Waals surface area contributed by atoms with Crippen molar-refractivity contribution >= 4 is 11.5 Å². The van der Waals surface area contributed by atoms with Crippen LogP contribution in [0.2, 0.25) is 0 Å². The molecule has 0 amide bonds. The van der Waals surface area contributed by atoms with Crippen molar-refractivity contribution in [2.24, 2.45) is 4.99 Å². The summed E-state index contributed by atoms with van der Waals surface area (Å²) < 4.78 is 0. The van der Waals surface area contributed by atoms with Gasteiger partial charge in [0.2, 0.25) is 5.78 Å². The van der Waals surface area contributed by atoms with Gasteiger partial charge in [0.1, 0.15) is 11.3 Å². The van der Waals surface area contributed by atoms with Gasteiger partial charge in [-0.3, -0.25) is 9.79 Å². The number of aryl methyl sites for hydroxylation is 1. The molecular weight excluding hydrogens is 366 g/mol. The molecular formula is C28H21NO. The van der Waals surface area contributed by atoms with Crippen LogP contribution in [0.25, 0.3) is 0 Å². The minimum Gasteiger partial charge on any atom is -0.287 e. The standard InChI is InChI=1S/C28H21NO/c1-20-16-18-21(19-17-20)27(30)26-24-14-8-9-15-25(24)28(29-26,22-10-4-2-5-11-22)23-12-6-3-7-13-23/h2-19H,1H3. The van der Waals surface area contributed by atoms with E-state index in [0.29, 0.717) is 11.3 Å². The Morgan fingerprint density at radius 3 is 1.80 bits per heavy atom. The van der Waals surface area contributed by atoms with Gasteiger partial charge < -0.3 is 0 Å². The summed E-state index contributed by atoms with van der Waals surface area (Å²) in [6.45, 7) is 2.02. The molecule has 2 heteroatoms. The maximum atomic E-state index is 13.5. The Labute approximate surface area is 176 Å². The molecule has 144 valence electrons. The van der Waals surface area contributed by atoms with Crippen molar-refractivity contribution in [2.45, 2.75) is 12.5 Å². The Morgan fingerprint density at radius 2 is 1.20 bits per heavy atom. The van der Waals surface area contributed by atoms with Gasteiger partial charge >= 0.3 is 0 Å². The van der Waals surface area contributed by atoms with Gasteiger partial charge in [-0.15, -0.1) is 0 Å². The van der Waals surface area contributed by atoms with E-state index in [2.05, 4.69) is 30.3 Å². The maximum absolute atomic E-state index is 13.5. The van der Waals surface area contributed by atoms with E-state index in [1.54, 1.807) is 0 Å². The number of rotatable bonds is 4. The average molecular weight is 387 g/mol. The first-order valence-electron chi connectivity index (χ1n) is 10.1. The summed E-state index contributed by atoms with van der Waals surface area (Å²) >= 11 is 0. The van der Waals surface area contributed by atoms with Crippen LogP contribution < -0.4 is 0 Å². The average Bonchev–Trinajstić information content (AvgIpc) is 3.17. The smallest absolute Gasteiger partial charge is 0.211 e. The number of fused-ring (bicyclic) bond motifs is 1. The summed E-state index contributed by atoms with van der Waals surface area (Å²) in [5.74, 6) is -0.0452. The predicted molar refractivity (Wildman–Crippen MR) is 121 cm³/mol. The van der Waals surface area contributed by atoms with Gasteiger partial charge in [-0.2, -0.15) is 0 Å². The Kier molecular flexibility index (Phi) is 4.40. The molecule has 1 aliphatic rings. The monoisotopic (exact) mass is 387 g/mol. The fraction of sp³-hybridized carbons (Fsp3) is 0.0714. The fourth-order valence-electron chi connectivity index (χ4n) is 4.27. The van der Waals surface area contributed by atoms with Crippen molar-refractivity contribution < 1.29 is 4.79 Å². The molecule has 0 aliphatic carbocycles. The summed E-state index contributed by atoms with van der Waals surface area (Å²) in [6, 6.07) is 36.3. The number of nitrogens with zero attached hydrogens (tertiary/aromatic N) is 1. The molecule has 2 nitrogen and oxygen atoms in total. The van der Waals surface area contributed by atoms with E-state index in [9.17, 15) is 4.79 Å². The van der Waals surface area contributed by atoms with Crippen LogP contribution in [0.1, 0.15) is 38.2 Å². The van der Waals surface area contributed by atoms with Crippen molar-refractivity contribution in [3.63, 3.8) is 0 Å². The first-order chi connectivity index (χ1) is 14.7. The molecule has 5 rings (SSSR count). The highest BCUT2D eigenvalue weighted by Crippen LogP contribution is 2.46. The Bertz CT molecular complexity index is 1200. The minimum atomic E-state index is -0.741. The molecule has 0 aromatic heterocycles. The van der Waals surface area contributed by atoms with Gasteiger partial charge in [-0.25, -0.2) is 0 Å². The number of hydrogen-bond donors (Lipinski definition) is 0. The van der Waals surface area contributed by atoms with Gasteiger partial charge in [0.05, 0.1) is 0 Å². The quantitative estimate of drug-likeness (QED) is 0.397. The number of ketones is 1. The van der Waals surface area contributed by atoms with Crippen LogP contribution >= 0.6 is 0 Å². The lowest BCUT2D eigenvalue weighted by atomic mass is 9.77. The number of benzene rings is 4. The highest BCUT2D eigenvalue weighted by Gasteiger charge is 2.44. The molecule has 0 spiro atoms. The SMILES string of the molecule is Cc1ccc(C(=O)C2=NC(c3ccccc3)(c3ccccc3)c3ccccc32)cc1. The highest BCUT2D eigenvalue weighted by atomic mass is 16.1. The molecule has 4 aromatic rings. The minimum absolute atomic E-state index is 0.0452. The van der Waals surface area contributed by atoms with Gasteiger partial charge in [0.15, 0.2) is 0 Å². The lowest BCUT2D eigenvalue weighted by Gasteiger charge is -2.29. The third-order valence-corrected chi connectivity index (χ3v) is 5.76. The number of aliphatic imine (C=N–C) groups is 1. The molecule has 0 N–H and O–H groups in total. The number of carbonyl (C=O) groups excluding carboxylic acids is 1. The summed E-state index contributed by atoms with van der Waals surface area (Å²) in [5, 5.41) is 0. The van der Waals surface area contributed by atoms with Gasteiger partial charge in [-0.05, 0) is 23.6 Å². The second-order valence-electron chi connectivity index (χ2n) is 7.64. The molecule has 4 aromatic carbocycles. The molecule has 0 saturated heterocycles. The molecule has 0 bridgehead atoms. The second-order valence-corrected chi connectivity index (χ2v) is 7.64. The van der Waals surface area contributed by atoms with Crippen molar-refractivity contribution in [1.82, 2.24) is 0 Å². The summed E-state index contributed by atoms with van der Waals surface area (Å²) in [5.41, 5.74) is 5.60. The van der Waals surface area contributed by atoms with E-state index in [1.807, 2.05) is 85.8 Å². The van der Waals surface area contributed by atoms with Gasteiger partial charge in [0, 0.05) is 11.1 Å². The van der Waals surface area contributed by atoms with Crippen molar-refractivity contribution in [3.05, 3.63) is 143 Å². The van der Waals surface area contributed by atoms with E-state index in [4.69, 9.17) is 4.99 Å². The number of hydrogen-bond acceptors (Lipinski definition) is 2. The first-order valence-corrected chi connectivity index (χ1v) is 10.1. The molecule has 0 unspecified atom stereocenters. The molecule has 1 aliphatic heterocycles. The van der Waals surface area contributed by atoms with Crippen molar-refractivity contribution in [1.29, 1.82) is 0 Å². The van der Waals surface area contributed by atoms with E-state index in [-0.39, 0.29) is 5.78 Å². The molecule has 0 fully saturated rings. The van der Waals surface area contributed by atoms with Crippen LogP contribution in [0.15, 0.2) is 114 Å². The van der Waals surface area contributed by atoms with Gasteiger partial charge in [-0.1, -0.05) is 115 Å². The van der Waals surface area contributed by atoms with E-state index in [0.717, 1.165) is 27.8 Å². The lowest BCUT2D eigenvalue weighted by Crippen LogP contribution is -2.25. The number of carbonyl (C=O) groups is 1. The predicted octanol–water partition coefficient (Wildman–Crippen LogP) is 5.97. The normalized spacial score (nSPS) is 14.1. The molecule has 0 radical (unpaired) electrons. The molecule has 1 heterocycles. The third kappa shape index (κ3) is 2.81. The van der Waals surface area contributed by atoms with E-state index >= 15 is 0 Å². The molecule has 0 saturated carbocycles. The lowest BCUT2D eigenvalue weighted by molar-refractivity contribution is 0.106. The molecule has 30 heavy (non-hydrogen) atoms. The fourth-order valence-corrected chi connectivity index (χ4v) is 4.27. The van der Waals surface area contributed by atoms with Crippen molar-refractivity contribution in [2.75, 3.05) is 0 Å². The maximum Gasteiger partial charge on any atom is 0.211 e. The van der Waals surface area contributed by atoms with Gasteiger partial charge in [0.25, 0.3) is 0 Å². The van der Waals surface area contributed by atoms with Crippen molar-refractivity contribution in [3.8, 4) is 0 Å². The highest BCUT2D eigenvalue weighted by molar-refractivity contribution is 6.52. The zero-order valence-electron chi connectivity index (χ0n) is 16.7. The summed E-state index contributed by atoms with van der Waals surface area (Å²) in [6.07, 6.45) is 0. The summed E-state index contributed by atoms with van der Waals surface area (Å²) in [4.78, 5) is 18.7. The topological polar surface area (TPSA) is 29.4 Å². The molecule has 0 atom stereocenters. The first kappa shape index (κ1) is 18.3. The van der Waals surface area contributed by atoms with Crippen LogP contribution in [0.4, 0.5) is 0 Å².